The van der Waals surface area contributed by atoms with E-state index in [2.05, 4.69) is 5.32 Å². The lowest BCUT2D eigenvalue weighted by molar-refractivity contribution is -0.135. The predicted octanol–water partition coefficient (Wildman–Crippen LogP) is 3.27. The van der Waals surface area contributed by atoms with Gasteiger partial charge in [0.25, 0.3) is 0 Å². The smallest absolute Gasteiger partial charge is 0.312 e. The number of hydrogen-bond acceptors (Lipinski definition) is 2. The molecule has 0 heterocycles. The molecule has 0 radical (unpaired) electrons. The molecule has 0 atom stereocenters. The van der Waals surface area contributed by atoms with E-state index in [1.54, 1.807) is 6.07 Å². The van der Waals surface area contributed by atoms with Gasteiger partial charge in [0.2, 0.25) is 0 Å². The molecule has 1 aromatic rings. The first kappa shape index (κ1) is 15.4. The second-order valence-corrected chi connectivity index (χ2v) is 3.93. The number of halogens is 5. The zero-order valence-electron chi connectivity index (χ0n) is 9.82. The maximum Gasteiger partial charge on any atom is 0.389 e. The summed E-state index contributed by atoms with van der Waals surface area (Å²) in [5.41, 5.74) is -0.429. The Bertz CT molecular complexity index is 453. The summed E-state index contributed by atoms with van der Waals surface area (Å²) in [4.78, 5) is 0. The molecule has 7 heteroatoms. The molecule has 1 aromatic carbocycles. The van der Waals surface area contributed by atoms with Gasteiger partial charge in [-0.3, -0.25) is 0 Å². The molecule has 0 aliphatic heterocycles. The van der Waals surface area contributed by atoms with Crippen LogP contribution < -0.4 is 5.32 Å². The third kappa shape index (κ3) is 5.22. The predicted molar refractivity (Wildman–Crippen MR) is 58.1 cm³/mol. The SMILES string of the molecule is N#Cc1cc(F)c(CNCCCC(F)(F)F)c(F)c1. The summed E-state index contributed by atoms with van der Waals surface area (Å²) in [6.45, 7) is -0.223. The third-order valence-corrected chi connectivity index (χ3v) is 2.39. The van der Waals surface area contributed by atoms with Crippen LogP contribution in [0, 0.1) is 23.0 Å². The largest absolute Gasteiger partial charge is 0.389 e. The van der Waals surface area contributed by atoms with Crippen LogP contribution in [0.3, 0.4) is 0 Å². The van der Waals surface area contributed by atoms with Crippen LogP contribution in [0.2, 0.25) is 0 Å². The van der Waals surface area contributed by atoms with Crippen molar-refractivity contribution in [1.82, 2.24) is 5.32 Å². The molecular formula is C12H11F5N2. The number of alkyl halides is 3. The summed E-state index contributed by atoms with van der Waals surface area (Å²) in [6, 6.07) is 3.37. The molecule has 0 saturated carbocycles. The molecule has 0 amide bonds. The maximum absolute atomic E-state index is 13.4. The molecule has 0 aliphatic carbocycles. The van der Waals surface area contributed by atoms with Crippen molar-refractivity contribution in [3.8, 4) is 6.07 Å². The lowest BCUT2D eigenvalue weighted by atomic mass is 10.1. The second-order valence-electron chi connectivity index (χ2n) is 3.93. The Morgan fingerprint density at radius 2 is 1.74 bits per heavy atom. The van der Waals surface area contributed by atoms with Gasteiger partial charge in [0.15, 0.2) is 0 Å². The fourth-order valence-electron chi connectivity index (χ4n) is 1.46. The lowest BCUT2D eigenvalue weighted by Crippen LogP contribution is -2.19. The number of nitriles is 1. The van der Waals surface area contributed by atoms with Gasteiger partial charge < -0.3 is 5.32 Å². The van der Waals surface area contributed by atoms with E-state index >= 15 is 0 Å². The summed E-state index contributed by atoms with van der Waals surface area (Å²) in [5, 5.41) is 11.0. The van der Waals surface area contributed by atoms with Crippen LogP contribution >= 0.6 is 0 Å². The van der Waals surface area contributed by atoms with E-state index in [1.807, 2.05) is 0 Å². The number of nitrogens with zero attached hydrogens (tertiary/aromatic N) is 1. The minimum absolute atomic E-state index is 0.00160. The summed E-state index contributed by atoms with van der Waals surface area (Å²) < 4.78 is 62.3. The van der Waals surface area contributed by atoms with E-state index in [1.165, 1.54) is 0 Å². The molecule has 0 unspecified atom stereocenters. The number of rotatable bonds is 5. The van der Waals surface area contributed by atoms with Crippen molar-refractivity contribution in [2.24, 2.45) is 0 Å². The van der Waals surface area contributed by atoms with E-state index in [0.29, 0.717) is 0 Å². The Morgan fingerprint density at radius 1 is 1.16 bits per heavy atom. The Kier molecular flexibility index (Phi) is 5.24. The van der Waals surface area contributed by atoms with Crippen LogP contribution in [0.15, 0.2) is 12.1 Å². The molecule has 1 rings (SSSR count). The van der Waals surface area contributed by atoms with Gasteiger partial charge in [0.1, 0.15) is 11.6 Å². The van der Waals surface area contributed by atoms with Gasteiger partial charge in [-0.1, -0.05) is 0 Å². The Balaban J connectivity index is 2.49. The Hall–Kier alpha value is -1.68. The monoisotopic (exact) mass is 278 g/mol. The highest BCUT2D eigenvalue weighted by Gasteiger charge is 2.25. The summed E-state index contributed by atoms with van der Waals surface area (Å²) in [5.74, 6) is -1.78. The van der Waals surface area contributed by atoms with Crippen LogP contribution in [0.5, 0.6) is 0 Å². The maximum atomic E-state index is 13.4. The molecule has 0 aromatic heterocycles. The van der Waals surface area contributed by atoms with Crippen molar-refractivity contribution in [1.29, 1.82) is 5.26 Å². The average molecular weight is 278 g/mol. The topological polar surface area (TPSA) is 35.8 Å². The van der Waals surface area contributed by atoms with Crippen LogP contribution in [-0.2, 0) is 6.54 Å². The van der Waals surface area contributed by atoms with Crippen molar-refractivity contribution in [2.45, 2.75) is 25.6 Å². The van der Waals surface area contributed by atoms with Crippen molar-refractivity contribution < 1.29 is 22.0 Å². The fraction of sp³-hybridized carbons (Fsp3) is 0.417. The molecule has 1 N–H and O–H groups in total. The van der Waals surface area contributed by atoms with Crippen LogP contribution in [0.1, 0.15) is 24.0 Å². The summed E-state index contributed by atoms with van der Waals surface area (Å²) in [6.07, 6.45) is -5.34. The van der Waals surface area contributed by atoms with Crippen molar-refractivity contribution >= 4 is 0 Å². The third-order valence-electron chi connectivity index (χ3n) is 2.39. The highest BCUT2D eigenvalue weighted by atomic mass is 19.4. The number of hydrogen-bond donors (Lipinski definition) is 1. The van der Waals surface area contributed by atoms with Gasteiger partial charge in [0, 0.05) is 18.5 Å². The van der Waals surface area contributed by atoms with E-state index in [4.69, 9.17) is 5.26 Å². The van der Waals surface area contributed by atoms with Crippen molar-refractivity contribution in [3.05, 3.63) is 34.9 Å². The van der Waals surface area contributed by atoms with Gasteiger partial charge >= 0.3 is 6.18 Å². The van der Waals surface area contributed by atoms with Gasteiger partial charge in [-0.25, -0.2) is 8.78 Å². The van der Waals surface area contributed by atoms with E-state index in [9.17, 15) is 22.0 Å². The molecule has 0 bridgehead atoms. The first-order valence-electron chi connectivity index (χ1n) is 5.49. The van der Waals surface area contributed by atoms with E-state index < -0.39 is 24.2 Å². The minimum Gasteiger partial charge on any atom is -0.312 e. The quantitative estimate of drug-likeness (QED) is 0.663. The first-order chi connectivity index (χ1) is 8.83. The second kappa shape index (κ2) is 6.48. The zero-order valence-corrected chi connectivity index (χ0v) is 9.82. The molecule has 0 aliphatic rings. The Morgan fingerprint density at radius 3 is 2.21 bits per heavy atom. The van der Waals surface area contributed by atoms with Crippen LogP contribution in [-0.4, -0.2) is 12.7 Å². The number of nitrogens with one attached hydrogen (secondary N) is 1. The van der Waals surface area contributed by atoms with Crippen LogP contribution in [0.25, 0.3) is 0 Å². The molecule has 2 nitrogen and oxygen atoms in total. The van der Waals surface area contributed by atoms with Gasteiger partial charge in [-0.05, 0) is 25.1 Å². The first-order valence-corrected chi connectivity index (χ1v) is 5.49. The molecule has 0 fully saturated rings. The van der Waals surface area contributed by atoms with E-state index in [-0.39, 0.29) is 30.6 Å². The summed E-state index contributed by atoms with van der Waals surface area (Å²) in [7, 11) is 0. The standard InChI is InChI=1S/C12H11F5N2/c13-10-4-8(6-18)5-11(14)9(10)7-19-3-1-2-12(15,16)17/h4-5,19H,1-3,7H2. The Labute approximate surface area is 106 Å². The highest BCUT2D eigenvalue weighted by molar-refractivity contribution is 5.34. The molecule has 104 valence electrons. The molecule has 0 saturated heterocycles. The van der Waals surface area contributed by atoms with Crippen molar-refractivity contribution in [3.63, 3.8) is 0 Å². The lowest BCUT2D eigenvalue weighted by Gasteiger charge is -2.09. The van der Waals surface area contributed by atoms with Gasteiger partial charge in [-0.2, -0.15) is 18.4 Å². The minimum atomic E-state index is -4.23. The zero-order chi connectivity index (χ0) is 14.5. The van der Waals surface area contributed by atoms with E-state index in [0.717, 1.165) is 12.1 Å². The summed E-state index contributed by atoms with van der Waals surface area (Å²) >= 11 is 0. The molecular weight excluding hydrogens is 267 g/mol. The normalized spacial score (nSPS) is 11.4. The van der Waals surface area contributed by atoms with Crippen LogP contribution in [0.4, 0.5) is 22.0 Å². The molecule has 0 spiro atoms. The van der Waals surface area contributed by atoms with Gasteiger partial charge in [0.05, 0.1) is 11.6 Å². The van der Waals surface area contributed by atoms with Gasteiger partial charge in [-0.15, -0.1) is 0 Å². The van der Waals surface area contributed by atoms with Crippen molar-refractivity contribution in [2.75, 3.05) is 6.54 Å². The molecule has 19 heavy (non-hydrogen) atoms. The average Bonchev–Trinajstić information content (AvgIpc) is 2.30. The number of benzene rings is 1. The highest BCUT2D eigenvalue weighted by Crippen LogP contribution is 2.21. The fourth-order valence-corrected chi connectivity index (χ4v) is 1.46.